The number of aryl methyl sites for hydroxylation is 2. The van der Waals surface area contributed by atoms with Crippen molar-refractivity contribution in [3.05, 3.63) is 130 Å². The van der Waals surface area contributed by atoms with E-state index in [1.807, 2.05) is 12.1 Å². The van der Waals surface area contributed by atoms with Crippen LogP contribution in [0, 0.1) is 12.7 Å². The van der Waals surface area contributed by atoms with Gasteiger partial charge < -0.3 is 0 Å². The van der Waals surface area contributed by atoms with Crippen LogP contribution in [0.1, 0.15) is 64.6 Å². The molecule has 0 nitrogen and oxygen atoms in total. The lowest BCUT2D eigenvalue weighted by atomic mass is 9.58. The first-order chi connectivity index (χ1) is 16.1. The molecule has 0 spiro atoms. The second kappa shape index (κ2) is 7.70. The van der Waals surface area contributed by atoms with Crippen molar-refractivity contribution >= 4 is 0 Å². The molecule has 0 N–H and O–H groups in total. The van der Waals surface area contributed by atoms with Gasteiger partial charge in [0.05, 0.1) is 0 Å². The minimum atomic E-state index is -0.465. The van der Waals surface area contributed by atoms with Gasteiger partial charge in [0.2, 0.25) is 0 Å². The molecule has 2 atom stereocenters. The van der Waals surface area contributed by atoms with Gasteiger partial charge in [-0.3, -0.25) is 0 Å². The van der Waals surface area contributed by atoms with E-state index in [1.165, 1.54) is 44.5 Å². The normalized spacial score (nSPS) is 21.1. The van der Waals surface area contributed by atoms with Crippen LogP contribution in [-0.2, 0) is 18.3 Å². The van der Waals surface area contributed by atoms with Gasteiger partial charge in [-0.2, -0.15) is 0 Å². The largest absolute Gasteiger partial charge is 0.207 e. The standard InChI is InChI=1S/C32H29F/c1-21-11-14-24(15-12-21)32(28-9-5-6-10-30(28)33)20-19-22(2)31-27-16-13-23-7-3-4-8-25(23)26(27)17-18-29(31)32/h3-12,14-15,17-18,22H,13,16,19-20H2,1-2H3. The topological polar surface area (TPSA) is 0 Å². The molecule has 2 aliphatic rings. The fourth-order valence-electron chi connectivity index (χ4n) is 6.47. The summed E-state index contributed by atoms with van der Waals surface area (Å²) in [5.41, 5.74) is 11.2. The first-order valence-electron chi connectivity index (χ1n) is 12.2. The highest BCUT2D eigenvalue weighted by Crippen LogP contribution is 2.54. The molecule has 33 heavy (non-hydrogen) atoms. The van der Waals surface area contributed by atoms with Gasteiger partial charge >= 0.3 is 0 Å². The fourth-order valence-corrected chi connectivity index (χ4v) is 6.47. The van der Waals surface area contributed by atoms with Gasteiger partial charge in [-0.25, -0.2) is 4.39 Å². The molecule has 164 valence electrons. The lowest BCUT2D eigenvalue weighted by Crippen LogP contribution is -2.36. The molecule has 0 radical (unpaired) electrons. The number of hydrogen-bond donors (Lipinski definition) is 0. The van der Waals surface area contributed by atoms with Gasteiger partial charge in [-0.15, -0.1) is 0 Å². The summed E-state index contributed by atoms with van der Waals surface area (Å²) in [6, 6.07) is 29.6. The molecule has 0 saturated carbocycles. The zero-order valence-corrected chi connectivity index (χ0v) is 19.4. The lowest BCUT2D eigenvalue weighted by molar-refractivity contribution is 0.436. The third-order valence-corrected chi connectivity index (χ3v) is 8.09. The van der Waals surface area contributed by atoms with Crippen LogP contribution in [0.25, 0.3) is 11.1 Å². The van der Waals surface area contributed by atoms with Crippen LogP contribution in [0.4, 0.5) is 4.39 Å². The number of hydrogen-bond acceptors (Lipinski definition) is 0. The smallest absolute Gasteiger partial charge is 0.127 e. The summed E-state index contributed by atoms with van der Waals surface area (Å²) in [4.78, 5) is 0. The minimum Gasteiger partial charge on any atom is -0.207 e. The third kappa shape index (κ3) is 3.02. The Morgan fingerprint density at radius 3 is 2.33 bits per heavy atom. The molecule has 0 bridgehead atoms. The van der Waals surface area contributed by atoms with E-state index in [4.69, 9.17) is 0 Å². The molecule has 6 rings (SSSR count). The maximum Gasteiger partial charge on any atom is 0.127 e. The second-order valence-electron chi connectivity index (χ2n) is 9.90. The van der Waals surface area contributed by atoms with Crippen molar-refractivity contribution in [2.75, 3.05) is 0 Å². The van der Waals surface area contributed by atoms with E-state index in [9.17, 15) is 0 Å². The van der Waals surface area contributed by atoms with Crippen LogP contribution in [0.3, 0.4) is 0 Å². The number of fused-ring (bicyclic) bond motifs is 5. The molecule has 0 amide bonds. The summed E-state index contributed by atoms with van der Waals surface area (Å²) >= 11 is 0. The van der Waals surface area contributed by atoms with Crippen LogP contribution in [-0.4, -0.2) is 0 Å². The van der Waals surface area contributed by atoms with Gasteiger partial charge in [-0.1, -0.05) is 91.3 Å². The van der Waals surface area contributed by atoms with Crippen LogP contribution >= 0.6 is 0 Å². The van der Waals surface area contributed by atoms with E-state index in [2.05, 4.69) is 74.5 Å². The second-order valence-corrected chi connectivity index (χ2v) is 9.90. The molecule has 0 aromatic heterocycles. The summed E-state index contributed by atoms with van der Waals surface area (Å²) in [5.74, 6) is 0.354. The van der Waals surface area contributed by atoms with Gasteiger partial charge in [0.25, 0.3) is 0 Å². The van der Waals surface area contributed by atoms with Crippen LogP contribution in [0.2, 0.25) is 0 Å². The Bertz CT molecular complexity index is 1350. The Morgan fingerprint density at radius 1 is 0.758 bits per heavy atom. The number of rotatable bonds is 2. The lowest BCUT2D eigenvalue weighted by Gasteiger charge is -2.44. The van der Waals surface area contributed by atoms with Crippen LogP contribution in [0.15, 0.2) is 84.9 Å². The minimum absolute atomic E-state index is 0.110. The average Bonchev–Trinajstić information content (AvgIpc) is 2.85. The SMILES string of the molecule is Cc1ccc(C2(c3ccccc3F)CCC(C)c3c2ccc2c3CCc3ccccc3-2)cc1. The predicted molar refractivity (Wildman–Crippen MR) is 134 cm³/mol. The summed E-state index contributed by atoms with van der Waals surface area (Å²) in [6.07, 6.45) is 4.10. The van der Waals surface area contributed by atoms with Crippen molar-refractivity contribution in [3.63, 3.8) is 0 Å². The first kappa shape index (κ1) is 20.4. The van der Waals surface area contributed by atoms with E-state index in [0.717, 1.165) is 31.2 Å². The van der Waals surface area contributed by atoms with Crippen LogP contribution in [0.5, 0.6) is 0 Å². The Balaban J connectivity index is 1.67. The molecule has 4 aromatic rings. The molecular formula is C32H29F. The highest BCUT2D eigenvalue weighted by molar-refractivity contribution is 5.76. The maximum atomic E-state index is 15.5. The molecule has 0 aliphatic heterocycles. The maximum absolute atomic E-state index is 15.5. The number of halogens is 1. The third-order valence-electron chi connectivity index (χ3n) is 8.09. The van der Waals surface area contributed by atoms with Crippen molar-refractivity contribution in [3.8, 4) is 11.1 Å². The Morgan fingerprint density at radius 2 is 1.52 bits per heavy atom. The van der Waals surface area contributed by atoms with Crippen molar-refractivity contribution in [2.45, 2.75) is 50.9 Å². The van der Waals surface area contributed by atoms with Crippen molar-refractivity contribution in [2.24, 2.45) is 0 Å². The van der Waals surface area contributed by atoms with Gasteiger partial charge in [0.15, 0.2) is 0 Å². The average molecular weight is 433 g/mol. The molecule has 0 fully saturated rings. The summed E-state index contributed by atoms with van der Waals surface area (Å²) in [5, 5.41) is 0. The van der Waals surface area contributed by atoms with E-state index in [0.29, 0.717) is 5.92 Å². The zero-order valence-electron chi connectivity index (χ0n) is 19.4. The molecule has 0 saturated heterocycles. The van der Waals surface area contributed by atoms with Crippen LogP contribution < -0.4 is 0 Å². The quantitative estimate of drug-likeness (QED) is 0.300. The van der Waals surface area contributed by atoms with Crippen molar-refractivity contribution in [1.29, 1.82) is 0 Å². The Kier molecular flexibility index (Phi) is 4.76. The van der Waals surface area contributed by atoms with Crippen molar-refractivity contribution in [1.82, 2.24) is 0 Å². The zero-order chi connectivity index (χ0) is 22.6. The molecule has 0 heterocycles. The van der Waals surface area contributed by atoms with E-state index < -0.39 is 5.41 Å². The molecule has 1 heteroatoms. The summed E-state index contributed by atoms with van der Waals surface area (Å²) in [6.45, 7) is 4.48. The summed E-state index contributed by atoms with van der Waals surface area (Å²) in [7, 11) is 0. The van der Waals surface area contributed by atoms with E-state index in [1.54, 1.807) is 12.1 Å². The van der Waals surface area contributed by atoms with E-state index >= 15 is 4.39 Å². The molecule has 4 aromatic carbocycles. The fraction of sp³-hybridized carbons (Fsp3) is 0.250. The molecule has 2 unspecified atom stereocenters. The van der Waals surface area contributed by atoms with E-state index in [-0.39, 0.29) is 5.82 Å². The molecule has 2 aliphatic carbocycles. The van der Waals surface area contributed by atoms with Gasteiger partial charge in [-0.05, 0) is 83.5 Å². The first-order valence-corrected chi connectivity index (χ1v) is 12.2. The molecular weight excluding hydrogens is 403 g/mol. The van der Waals surface area contributed by atoms with Crippen molar-refractivity contribution < 1.29 is 4.39 Å². The highest BCUT2D eigenvalue weighted by atomic mass is 19.1. The summed E-state index contributed by atoms with van der Waals surface area (Å²) < 4.78 is 15.5. The number of benzene rings is 4. The van der Waals surface area contributed by atoms with Gasteiger partial charge in [0.1, 0.15) is 5.82 Å². The monoisotopic (exact) mass is 432 g/mol. The van der Waals surface area contributed by atoms with Gasteiger partial charge in [0, 0.05) is 11.0 Å². The highest BCUT2D eigenvalue weighted by Gasteiger charge is 2.44. The predicted octanol–water partition coefficient (Wildman–Crippen LogP) is 8.13. The Hall–Kier alpha value is -3.19. The Labute approximate surface area is 196 Å².